The van der Waals surface area contributed by atoms with E-state index in [2.05, 4.69) is 44.9 Å². The van der Waals surface area contributed by atoms with E-state index in [1.165, 1.54) is 40.8 Å². The molecule has 0 saturated carbocycles. The topological polar surface area (TPSA) is 135 Å². The highest BCUT2D eigenvalue weighted by atomic mass is 19.1. The molecule has 0 fully saturated rings. The number of nitrogens with zero attached hydrogens (tertiary/aromatic N) is 4. The van der Waals surface area contributed by atoms with E-state index >= 15 is 0 Å². The van der Waals surface area contributed by atoms with Crippen LogP contribution in [0.15, 0.2) is 125 Å². The lowest BCUT2D eigenvalue weighted by molar-refractivity contribution is -0.118. The number of benzene rings is 5. The number of hydrogen-bond donors (Lipinski definition) is 1. The number of aromatic nitrogens is 2. The summed E-state index contributed by atoms with van der Waals surface area (Å²) < 4.78 is 33.4. The Morgan fingerprint density at radius 3 is 1.98 bits per heavy atom. The van der Waals surface area contributed by atoms with Crippen LogP contribution >= 0.6 is 0 Å². The second-order valence-electron chi connectivity index (χ2n) is 11.7. The SMILES string of the molecule is Cc1ccc(-c2ccc(-c3nc(-c4ccc(CN(CC(=O)N=O)C(=O)c5ccc(NC(=O)Cc6c(F)cccc6F)cc5)cc4)no3)cc2)cc1. The Hall–Kier alpha value is -6.69. The van der Waals surface area contributed by atoms with Gasteiger partial charge >= 0.3 is 5.91 Å². The standard InChI is InChI=1S/C39H29F2N5O5/c1-24-5-9-26(10-6-24)27-13-15-29(16-14-27)38-43-37(45-51-38)28-11-7-25(8-12-28)22-46(23-36(48)44-50)39(49)30-17-19-31(20-18-30)42-35(47)21-32-33(40)3-2-4-34(32)41/h2-20H,21-23H2,1H3,(H,42,47). The monoisotopic (exact) mass is 685 g/mol. The molecule has 1 N–H and O–H groups in total. The van der Waals surface area contributed by atoms with Crippen molar-refractivity contribution in [3.63, 3.8) is 0 Å². The fraction of sp³-hybridized carbons (Fsp3) is 0.103. The van der Waals surface area contributed by atoms with Crippen molar-refractivity contribution in [1.29, 1.82) is 0 Å². The summed E-state index contributed by atoms with van der Waals surface area (Å²) >= 11 is 0. The molecule has 51 heavy (non-hydrogen) atoms. The third-order valence-corrected chi connectivity index (χ3v) is 8.06. The van der Waals surface area contributed by atoms with Crippen LogP contribution in [0.5, 0.6) is 0 Å². The average Bonchev–Trinajstić information content (AvgIpc) is 3.64. The first-order valence-electron chi connectivity index (χ1n) is 15.8. The second-order valence-corrected chi connectivity index (χ2v) is 11.7. The quantitative estimate of drug-likeness (QED) is 0.138. The molecule has 0 spiro atoms. The maximum atomic E-state index is 13.9. The Morgan fingerprint density at radius 2 is 1.35 bits per heavy atom. The normalized spacial score (nSPS) is 10.8. The van der Waals surface area contributed by atoms with Gasteiger partial charge in [-0.2, -0.15) is 4.98 Å². The molecule has 6 rings (SSSR count). The molecule has 10 nitrogen and oxygen atoms in total. The maximum Gasteiger partial charge on any atom is 0.305 e. The van der Waals surface area contributed by atoms with Gasteiger partial charge in [-0.1, -0.05) is 77.5 Å². The predicted octanol–water partition coefficient (Wildman–Crippen LogP) is 7.77. The molecule has 12 heteroatoms. The lowest BCUT2D eigenvalue weighted by atomic mass is 10.0. The first kappa shape index (κ1) is 34.2. The van der Waals surface area contributed by atoms with Crippen LogP contribution in [0.3, 0.4) is 0 Å². The number of hydrogen-bond acceptors (Lipinski definition) is 7. The van der Waals surface area contributed by atoms with Crippen molar-refractivity contribution in [2.24, 2.45) is 5.18 Å². The number of nitrogens with one attached hydrogen (secondary N) is 1. The molecule has 3 amide bonds. The van der Waals surface area contributed by atoms with Gasteiger partial charge in [0.25, 0.3) is 11.8 Å². The molecule has 0 saturated heterocycles. The average molecular weight is 686 g/mol. The zero-order valence-corrected chi connectivity index (χ0v) is 27.2. The van der Waals surface area contributed by atoms with E-state index in [0.29, 0.717) is 22.8 Å². The van der Waals surface area contributed by atoms with Crippen LogP contribution in [0.1, 0.15) is 27.0 Å². The van der Waals surface area contributed by atoms with Gasteiger partial charge in [-0.25, -0.2) is 8.78 Å². The fourth-order valence-corrected chi connectivity index (χ4v) is 5.33. The third kappa shape index (κ3) is 8.31. The summed E-state index contributed by atoms with van der Waals surface area (Å²) in [5, 5.41) is 9.08. The van der Waals surface area contributed by atoms with Gasteiger partial charge in [-0.3, -0.25) is 14.4 Å². The van der Waals surface area contributed by atoms with Gasteiger partial charge in [-0.15, -0.1) is 4.91 Å². The summed E-state index contributed by atoms with van der Waals surface area (Å²) in [6.07, 6.45) is -0.525. The van der Waals surface area contributed by atoms with Crippen LogP contribution < -0.4 is 5.32 Å². The molecule has 1 aromatic heterocycles. The number of amides is 3. The molecule has 6 aromatic rings. The van der Waals surface area contributed by atoms with E-state index in [-0.39, 0.29) is 23.4 Å². The number of rotatable bonds is 11. The van der Waals surface area contributed by atoms with Gasteiger partial charge in [0, 0.05) is 39.7 Å². The minimum Gasteiger partial charge on any atom is -0.334 e. The highest BCUT2D eigenvalue weighted by Gasteiger charge is 2.21. The number of anilines is 1. The highest BCUT2D eigenvalue weighted by molar-refractivity contribution is 5.98. The van der Waals surface area contributed by atoms with E-state index < -0.39 is 42.3 Å². The number of aryl methyl sites for hydroxylation is 1. The van der Waals surface area contributed by atoms with E-state index in [0.717, 1.165) is 28.8 Å². The number of nitroso groups, excluding NO2 is 1. The lowest BCUT2D eigenvalue weighted by Crippen LogP contribution is -2.34. The highest BCUT2D eigenvalue weighted by Crippen LogP contribution is 2.27. The van der Waals surface area contributed by atoms with Crippen LogP contribution in [0.25, 0.3) is 34.0 Å². The van der Waals surface area contributed by atoms with Crippen molar-refractivity contribution in [2.45, 2.75) is 19.9 Å². The summed E-state index contributed by atoms with van der Waals surface area (Å²) in [6, 6.07) is 32.1. The van der Waals surface area contributed by atoms with Gasteiger partial charge in [0.2, 0.25) is 11.7 Å². The van der Waals surface area contributed by atoms with E-state index in [1.54, 1.807) is 24.3 Å². The third-order valence-electron chi connectivity index (χ3n) is 8.06. The first-order valence-corrected chi connectivity index (χ1v) is 15.8. The number of carbonyl (C=O) groups is 3. The van der Waals surface area contributed by atoms with Crippen molar-refractivity contribution >= 4 is 23.4 Å². The largest absolute Gasteiger partial charge is 0.334 e. The molecule has 0 unspecified atom stereocenters. The summed E-state index contributed by atoms with van der Waals surface area (Å²) in [4.78, 5) is 54.4. The van der Waals surface area contributed by atoms with Crippen LogP contribution in [0.2, 0.25) is 0 Å². The predicted molar refractivity (Wildman–Crippen MR) is 186 cm³/mol. The van der Waals surface area contributed by atoms with Crippen molar-refractivity contribution in [3.8, 4) is 34.0 Å². The van der Waals surface area contributed by atoms with Gasteiger partial charge < -0.3 is 14.7 Å². The molecule has 5 aromatic carbocycles. The van der Waals surface area contributed by atoms with Crippen molar-refractivity contribution in [1.82, 2.24) is 15.0 Å². The minimum atomic E-state index is -1.03. The molecule has 0 aliphatic carbocycles. The molecule has 1 heterocycles. The smallest absolute Gasteiger partial charge is 0.305 e. The van der Waals surface area contributed by atoms with Crippen molar-refractivity contribution in [3.05, 3.63) is 154 Å². The molecular weight excluding hydrogens is 656 g/mol. The minimum absolute atomic E-state index is 0.0299. The van der Waals surface area contributed by atoms with Gasteiger partial charge in [0.15, 0.2) is 0 Å². The first-order chi connectivity index (χ1) is 24.7. The molecule has 0 aliphatic heterocycles. The summed E-state index contributed by atoms with van der Waals surface area (Å²) in [5.74, 6) is -3.21. The van der Waals surface area contributed by atoms with E-state index in [1.807, 2.05) is 31.2 Å². The summed E-state index contributed by atoms with van der Waals surface area (Å²) in [6.45, 7) is 1.45. The zero-order valence-electron chi connectivity index (χ0n) is 27.2. The fourth-order valence-electron chi connectivity index (χ4n) is 5.33. The molecule has 254 valence electrons. The van der Waals surface area contributed by atoms with Crippen LogP contribution in [0.4, 0.5) is 14.5 Å². The molecule has 0 aliphatic rings. The number of halogens is 2. The Morgan fingerprint density at radius 1 is 0.765 bits per heavy atom. The van der Waals surface area contributed by atoms with Gasteiger partial charge in [-0.05, 0) is 72.1 Å². The second kappa shape index (κ2) is 15.2. The Bertz CT molecular complexity index is 2180. The van der Waals surface area contributed by atoms with Crippen LogP contribution in [-0.2, 0) is 22.6 Å². The maximum absolute atomic E-state index is 13.9. The molecular formula is C39H29F2N5O5. The summed E-state index contributed by atoms with van der Waals surface area (Å²) in [5.41, 5.74) is 5.49. The zero-order chi connectivity index (χ0) is 35.9. The lowest BCUT2D eigenvalue weighted by Gasteiger charge is -2.21. The van der Waals surface area contributed by atoms with E-state index in [4.69, 9.17) is 4.52 Å². The Labute approximate surface area is 290 Å². The summed E-state index contributed by atoms with van der Waals surface area (Å²) in [7, 11) is 0. The van der Waals surface area contributed by atoms with Crippen molar-refractivity contribution < 1.29 is 27.7 Å². The molecule has 0 radical (unpaired) electrons. The number of carbonyl (C=O) groups excluding carboxylic acids is 3. The molecule has 0 bridgehead atoms. The van der Waals surface area contributed by atoms with E-state index in [9.17, 15) is 28.1 Å². The van der Waals surface area contributed by atoms with Gasteiger partial charge in [0.05, 0.1) is 6.42 Å². The van der Waals surface area contributed by atoms with Crippen molar-refractivity contribution in [2.75, 3.05) is 11.9 Å². The van der Waals surface area contributed by atoms with Gasteiger partial charge in [0.1, 0.15) is 18.2 Å². The Kier molecular flexibility index (Phi) is 10.2. The molecule has 0 atom stereocenters. The van der Waals surface area contributed by atoms with Crippen LogP contribution in [0, 0.1) is 23.5 Å². The Balaban J connectivity index is 1.10. The van der Waals surface area contributed by atoms with Crippen LogP contribution in [-0.4, -0.2) is 39.3 Å².